The third-order valence-electron chi connectivity index (χ3n) is 3.14. The van der Waals surface area contributed by atoms with Gasteiger partial charge in [0.1, 0.15) is 8.80 Å². The van der Waals surface area contributed by atoms with E-state index in [1.54, 1.807) is 0 Å². The standard InChI is InChI=1S/C16H18ClSi/c1-16(2,13-17)18(14-9-5-3-6-10-14)15-11-7-4-8-12-15/h3-12H,13H2,1-2H3. The molecule has 0 aromatic heterocycles. The predicted octanol–water partition coefficient (Wildman–Crippen LogP) is 3.31. The van der Waals surface area contributed by atoms with Crippen LogP contribution in [0.25, 0.3) is 0 Å². The average Bonchev–Trinajstić information content (AvgIpc) is 2.41. The number of rotatable bonds is 4. The molecule has 0 amide bonds. The van der Waals surface area contributed by atoms with Crippen LogP contribution in [-0.4, -0.2) is 14.7 Å². The molecule has 0 saturated heterocycles. The van der Waals surface area contributed by atoms with Crippen molar-refractivity contribution < 1.29 is 0 Å². The predicted molar refractivity (Wildman–Crippen MR) is 82.7 cm³/mol. The lowest BCUT2D eigenvalue weighted by molar-refractivity contribution is 0.758. The minimum absolute atomic E-state index is 0.134. The van der Waals surface area contributed by atoms with Gasteiger partial charge in [-0.3, -0.25) is 0 Å². The monoisotopic (exact) mass is 273 g/mol. The van der Waals surface area contributed by atoms with E-state index in [1.165, 1.54) is 10.4 Å². The van der Waals surface area contributed by atoms with E-state index in [-0.39, 0.29) is 5.04 Å². The Morgan fingerprint density at radius 2 is 1.22 bits per heavy atom. The largest absolute Gasteiger partial charge is 0.128 e. The molecule has 0 saturated carbocycles. The van der Waals surface area contributed by atoms with Crippen molar-refractivity contribution in [2.24, 2.45) is 0 Å². The highest BCUT2D eigenvalue weighted by Gasteiger charge is 2.33. The first-order valence-corrected chi connectivity index (χ1v) is 8.23. The van der Waals surface area contributed by atoms with E-state index in [2.05, 4.69) is 74.5 Å². The molecule has 0 N–H and O–H groups in total. The Balaban J connectivity index is 2.49. The highest BCUT2D eigenvalue weighted by molar-refractivity contribution is 6.87. The van der Waals surface area contributed by atoms with Crippen LogP contribution >= 0.6 is 11.6 Å². The highest BCUT2D eigenvalue weighted by atomic mass is 35.5. The van der Waals surface area contributed by atoms with Crippen molar-refractivity contribution in [2.75, 3.05) is 5.88 Å². The Bertz CT molecular complexity index is 439. The van der Waals surface area contributed by atoms with Crippen LogP contribution in [0.2, 0.25) is 5.04 Å². The molecule has 0 nitrogen and oxygen atoms in total. The molecular formula is C16H18ClSi. The zero-order valence-electron chi connectivity index (χ0n) is 10.9. The molecular weight excluding hydrogens is 256 g/mol. The molecule has 0 spiro atoms. The van der Waals surface area contributed by atoms with Crippen LogP contribution in [0.3, 0.4) is 0 Å². The molecule has 2 aromatic carbocycles. The lowest BCUT2D eigenvalue weighted by Crippen LogP contribution is -2.50. The van der Waals surface area contributed by atoms with Gasteiger partial charge in [0.05, 0.1) is 0 Å². The molecule has 0 heterocycles. The van der Waals surface area contributed by atoms with Crippen LogP contribution in [-0.2, 0) is 0 Å². The van der Waals surface area contributed by atoms with Crippen molar-refractivity contribution in [1.82, 2.24) is 0 Å². The number of hydrogen-bond donors (Lipinski definition) is 0. The van der Waals surface area contributed by atoms with Gasteiger partial charge in [0.25, 0.3) is 0 Å². The van der Waals surface area contributed by atoms with E-state index < -0.39 is 8.80 Å². The second-order valence-corrected chi connectivity index (χ2v) is 8.65. The summed E-state index contributed by atoms with van der Waals surface area (Å²) in [5, 5.41) is 2.99. The summed E-state index contributed by atoms with van der Waals surface area (Å²) < 4.78 is 0. The van der Waals surface area contributed by atoms with Crippen molar-refractivity contribution >= 4 is 30.8 Å². The second kappa shape index (κ2) is 5.72. The zero-order chi connectivity index (χ0) is 13.0. The first kappa shape index (κ1) is 13.4. The summed E-state index contributed by atoms with van der Waals surface area (Å²) >= 11 is 6.21. The number of halogens is 1. The number of alkyl halides is 1. The minimum atomic E-state index is -0.859. The summed E-state index contributed by atoms with van der Waals surface area (Å²) in [7, 11) is -0.859. The number of benzene rings is 2. The maximum atomic E-state index is 6.21. The topological polar surface area (TPSA) is 0 Å². The maximum Gasteiger partial charge on any atom is 0.128 e. The maximum absolute atomic E-state index is 6.21. The quantitative estimate of drug-likeness (QED) is 0.592. The van der Waals surface area contributed by atoms with Crippen LogP contribution in [0, 0.1) is 0 Å². The van der Waals surface area contributed by atoms with Crippen LogP contribution in [0.5, 0.6) is 0 Å². The summed E-state index contributed by atoms with van der Waals surface area (Å²) in [6, 6.07) is 21.5. The van der Waals surface area contributed by atoms with E-state index in [1.807, 2.05) is 0 Å². The fourth-order valence-corrected chi connectivity index (χ4v) is 5.71. The average molecular weight is 274 g/mol. The van der Waals surface area contributed by atoms with Crippen LogP contribution < -0.4 is 10.4 Å². The summed E-state index contributed by atoms with van der Waals surface area (Å²) in [6.07, 6.45) is 0. The smallest absolute Gasteiger partial charge is 0.126 e. The Morgan fingerprint density at radius 3 is 1.56 bits per heavy atom. The van der Waals surface area contributed by atoms with Gasteiger partial charge in [-0.1, -0.05) is 84.9 Å². The van der Waals surface area contributed by atoms with E-state index in [4.69, 9.17) is 11.6 Å². The summed E-state index contributed by atoms with van der Waals surface area (Å²) in [6.45, 7) is 4.54. The fourth-order valence-electron chi connectivity index (χ4n) is 2.22. The molecule has 2 heteroatoms. The molecule has 0 aliphatic rings. The molecule has 0 atom stereocenters. The molecule has 0 aliphatic carbocycles. The third kappa shape index (κ3) is 2.85. The Labute approximate surface area is 116 Å². The molecule has 18 heavy (non-hydrogen) atoms. The zero-order valence-corrected chi connectivity index (χ0v) is 12.6. The molecule has 0 unspecified atom stereocenters. The Kier molecular flexibility index (Phi) is 4.26. The normalized spacial score (nSPS) is 11.8. The van der Waals surface area contributed by atoms with E-state index in [9.17, 15) is 0 Å². The van der Waals surface area contributed by atoms with E-state index in [0.29, 0.717) is 5.88 Å². The second-order valence-electron chi connectivity index (χ2n) is 5.12. The minimum Gasteiger partial charge on any atom is -0.126 e. The summed E-state index contributed by atoms with van der Waals surface area (Å²) in [5.74, 6) is 0.686. The number of hydrogen-bond acceptors (Lipinski definition) is 0. The SMILES string of the molecule is CC(C)(CCl)[Si](c1ccccc1)c1ccccc1. The van der Waals surface area contributed by atoms with Crippen molar-refractivity contribution in [1.29, 1.82) is 0 Å². The van der Waals surface area contributed by atoms with Crippen molar-refractivity contribution in [3.8, 4) is 0 Å². The fraction of sp³-hybridized carbons (Fsp3) is 0.250. The lowest BCUT2D eigenvalue weighted by Gasteiger charge is -2.31. The van der Waals surface area contributed by atoms with Gasteiger partial charge in [-0.25, -0.2) is 0 Å². The van der Waals surface area contributed by atoms with Gasteiger partial charge in [-0.2, -0.15) is 0 Å². The summed E-state index contributed by atoms with van der Waals surface area (Å²) in [5.41, 5.74) is 0. The Hall–Kier alpha value is -1.05. The van der Waals surface area contributed by atoms with E-state index >= 15 is 0 Å². The van der Waals surface area contributed by atoms with Crippen LogP contribution in [0.15, 0.2) is 60.7 Å². The van der Waals surface area contributed by atoms with Gasteiger partial charge < -0.3 is 0 Å². The van der Waals surface area contributed by atoms with Gasteiger partial charge in [0.2, 0.25) is 0 Å². The van der Waals surface area contributed by atoms with Crippen LogP contribution in [0.4, 0.5) is 0 Å². The Morgan fingerprint density at radius 1 is 0.833 bits per heavy atom. The first-order chi connectivity index (χ1) is 8.65. The van der Waals surface area contributed by atoms with Crippen molar-refractivity contribution in [2.45, 2.75) is 18.9 Å². The summed E-state index contributed by atoms with van der Waals surface area (Å²) in [4.78, 5) is 0. The molecule has 1 radical (unpaired) electrons. The van der Waals surface area contributed by atoms with Gasteiger partial charge >= 0.3 is 0 Å². The molecule has 2 aromatic rings. The van der Waals surface area contributed by atoms with Gasteiger partial charge in [-0.05, 0) is 5.04 Å². The van der Waals surface area contributed by atoms with Gasteiger partial charge in [-0.15, -0.1) is 11.6 Å². The lowest BCUT2D eigenvalue weighted by atomic mass is 10.2. The van der Waals surface area contributed by atoms with Crippen molar-refractivity contribution in [3.63, 3.8) is 0 Å². The van der Waals surface area contributed by atoms with Gasteiger partial charge in [0.15, 0.2) is 0 Å². The van der Waals surface area contributed by atoms with Crippen LogP contribution in [0.1, 0.15) is 13.8 Å². The first-order valence-electron chi connectivity index (χ1n) is 6.19. The molecule has 2 rings (SSSR count). The molecule has 0 bridgehead atoms. The molecule has 93 valence electrons. The highest BCUT2D eigenvalue weighted by Crippen LogP contribution is 2.29. The van der Waals surface area contributed by atoms with Crippen molar-refractivity contribution in [3.05, 3.63) is 60.7 Å². The molecule has 0 fully saturated rings. The van der Waals surface area contributed by atoms with Gasteiger partial charge in [0, 0.05) is 5.88 Å². The third-order valence-corrected chi connectivity index (χ3v) is 7.38. The van der Waals surface area contributed by atoms with E-state index in [0.717, 1.165) is 0 Å². The molecule has 0 aliphatic heterocycles.